The van der Waals surface area contributed by atoms with E-state index in [0.717, 1.165) is 33.8 Å². The summed E-state index contributed by atoms with van der Waals surface area (Å²) in [5.74, 6) is 1.80. The lowest BCUT2D eigenvalue weighted by molar-refractivity contribution is 1.04. The van der Waals surface area contributed by atoms with E-state index in [0.29, 0.717) is 17.5 Å². The van der Waals surface area contributed by atoms with Gasteiger partial charge >= 0.3 is 0 Å². The van der Waals surface area contributed by atoms with Gasteiger partial charge in [-0.15, -0.1) is 0 Å². The lowest BCUT2D eigenvalue weighted by atomic mass is 10.1. The molecule has 4 heterocycles. The van der Waals surface area contributed by atoms with Crippen LogP contribution in [0.1, 0.15) is 0 Å². The molecule has 0 spiro atoms. The lowest BCUT2D eigenvalue weighted by Gasteiger charge is -2.10. The summed E-state index contributed by atoms with van der Waals surface area (Å²) in [6, 6.07) is 24.3. The molecule has 0 fully saturated rings. The zero-order chi connectivity index (χ0) is 26.0. The van der Waals surface area contributed by atoms with Crippen LogP contribution in [0.3, 0.4) is 0 Å². The van der Waals surface area contributed by atoms with Crippen molar-refractivity contribution >= 4 is 0 Å². The van der Waals surface area contributed by atoms with Gasteiger partial charge in [0.15, 0.2) is 17.5 Å². The average Bonchev–Trinajstić information content (AvgIpc) is 3.82. The zero-order valence-electron chi connectivity index (χ0n) is 20.6. The lowest BCUT2D eigenvalue weighted by Crippen LogP contribution is -2.01. The summed E-state index contributed by atoms with van der Waals surface area (Å²) < 4.78 is 5.87. The van der Waals surface area contributed by atoms with Gasteiger partial charge < -0.3 is 13.7 Å². The van der Waals surface area contributed by atoms with Gasteiger partial charge in [-0.05, 0) is 72.8 Å². The summed E-state index contributed by atoms with van der Waals surface area (Å²) >= 11 is 0. The predicted molar refractivity (Wildman–Crippen MR) is 148 cm³/mol. The Morgan fingerprint density at radius 3 is 0.872 bits per heavy atom. The topological polar surface area (TPSA) is 92.1 Å². The van der Waals surface area contributed by atoms with E-state index in [1.165, 1.54) is 0 Å². The molecule has 4 aromatic heterocycles. The van der Waals surface area contributed by atoms with E-state index in [-0.39, 0.29) is 0 Å². The first-order valence-corrected chi connectivity index (χ1v) is 12.3. The molecule has 39 heavy (non-hydrogen) atoms. The molecule has 9 nitrogen and oxygen atoms in total. The summed E-state index contributed by atoms with van der Waals surface area (Å²) in [6.45, 7) is 0. The molecule has 0 saturated heterocycles. The normalized spacial score (nSPS) is 11.1. The van der Waals surface area contributed by atoms with Crippen LogP contribution in [0.5, 0.6) is 0 Å². The third kappa shape index (κ3) is 4.49. The monoisotopic (exact) mass is 507 g/mol. The van der Waals surface area contributed by atoms with Crippen molar-refractivity contribution in [2.75, 3.05) is 0 Å². The van der Waals surface area contributed by atoms with Crippen LogP contribution in [-0.4, -0.2) is 43.6 Å². The van der Waals surface area contributed by atoms with Gasteiger partial charge in [-0.1, -0.05) is 0 Å². The van der Waals surface area contributed by atoms with E-state index in [1.54, 1.807) is 37.6 Å². The van der Waals surface area contributed by atoms with Crippen LogP contribution in [0.15, 0.2) is 129 Å². The second-order valence-electron chi connectivity index (χ2n) is 8.86. The highest BCUT2D eigenvalue weighted by Gasteiger charge is 2.13. The van der Waals surface area contributed by atoms with Gasteiger partial charge in [0.2, 0.25) is 0 Å². The number of hydrogen-bond donors (Lipinski definition) is 0. The molecular weight excluding hydrogens is 486 g/mol. The molecule has 0 aliphatic heterocycles. The predicted octanol–water partition coefficient (Wildman–Crippen LogP) is 5.43. The van der Waals surface area contributed by atoms with E-state index in [2.05, 4.69) is 15.0 Å². The molecule has 186 valence electrons. The van der Waals surface area contributed by atoms with Gasteiger partial charge in [0, 0.05) is 70.9 Å². The fourth-order valence-corrected chi connectivity index (χ4v) is 4.35. The first-order valence-electron chi connectivity index (χ1n) is 12.3. The highest BCUT2D eigenvalue weighted by atomic mass is 15.1. The first kappa shape index (κ1) is 22.5. The molecule has 7 aromatic rings. The Balaban J connectivity index is 1.30. The summed E-state index contributed by atoms with van der Waals surface area (Å²) in [7, 11) is 0. The summed E-state index contributed by atoms with van der Waals surface area (Å²) in [6.07, 6.45) is 16.3. The second-order valence-corrected chi connectivity index (χ2v) is 8.86. The smallest absolute Gasteiger partial charge is 0.164 e. The van der Waals surface area contributed by atoms with E-state index < -0.39 is 0 Å². The fraction of sp³-hybridized carbons (Fsp3) is 0. The molecule has 0 radical (unpaired) electrons. The number of nitrogens with zero attached hydrogens (tertiary/aromatic N) is 9. The van der Waals surface area contributed by atoms with Crippen LogP contribution in [0.4, 0.5) is 0 Å². The molecule has 0 aliphatic carbocycles. The number of benzene rings is 3. The average molecular weight is 508 g/mol. The molecule has 0 atom stereocenters. The highest BCUT2D eigenvalue weighted by Crippen LogP contribution is 2.26. The van der Waals surface area contributed by atoms with Gasteiger partial charge in [0.25, 0.3) is 0 Å². The number of imidazole rings is 3. The Morgan fingerprint density at radius 2 is 0.641 bits per heavy atom. The molecule has 0 bridgehead atoms. The van der Waals surface area contributed by atoms with Gasteiger partial charge in [0.05, 0.1) is 19.0 Å². The molecule has 7 rings (SSSR count). The Kier molecular flexibility index (Phi) is 5.56. The van der Waals surface area contributed by atoms with Crippen LogP contribution in [-0.2, 0) is 0 Å². The largest absolute Gasteiger partial charge is 0.306 e. The van der Waals surface area contributed by atoms with Gasteiger partial charge in [-0.2, -0.15) is 0 Å². The summed E-state index contributed by atoms with van der Waals surface area (Å²) in [4.78, 5) is 27.0. The minimum atomic E-state index is 0.601. The molecule has 0 aliphatic rings. The standard InChI is InChI=1S/C30H21N9/c1-7-25(37-16-13-31-19-37)8-2-22(1)28-34-29(23-3-9-26(10-4-23)38-17-14-32-20-38)36-30(35-28)24-5-11-27(12-6-24)39-18-15-33-21-39/h1-21H. The number of hydrogen-bond acceptors (Lipinski definition) is 6. The molecular formula is C30H21N9. The second kappa shape index (κ2) is 9.64. The van der Waals surface area contributed by atoms with Crippen molar-refractivity contribution in [3.63, 3.8) is 0 Å². The van der Waals surface area contributed by atoms with Crippen LogP contribution in [0.2, 0.25) is 0 Å². The van der Waals surface area contributed by atoms with Crippen molar-refractivity contribution < 1.29 is 0 Å². The Labute approximate surface area is 223 Å². The molecule has 0 amide bonds. The minimum absolute atomic E-state index is 0.601. The Morgan fingerprint density at radius 1 is 0.359 bits per heavy atom. The molecule has 0 unspecified atom stereocenters. The maximum absolute atomic E-state index is 4.87. The molecule has 0 saturated carbocycles. The van der Waals surface area contributed by atoms with Crippen molar-refractivity contribution in [2.24, 2.45) is 0 Å². The first-order chi connectivity index (χ1) is 19.3. The van der Waals surface area contributed by atoms with Crippen molar-refractivity contribution in [3.8, 4) is 51.2 Å². The number of rotatable bonds is 6. The zero-order valence-corrected chi connectivity index (χ0v) is 20.6. The van der Waals surface area contributed by atoms with Crippen LogP contribution in [0.25, 0.3) is 51.2 Å². The molecule has 9 heteroatoms. The molecule has 3 aromatic carbocycles. The third-order valence-corrected chi connectivity index (χ3v) is 6.42. The van der Waals surface area contributed by atoms with E-state index >= 15 is 0 Å². The molecule has 0 N–H and O–H groups in total. The summed E-state index contributed by atoms with van der Waals surface area (Å²) in [5, 5.41) is 0. The van der Waals surface area contributed by atoms with Gasteiger partial charge in [-0.25, -0.2) is 29.9 Å². The van der Waals surface area contributed by atoms with Crippen molar-refractivity contribution in [3.05, 3.63) is 129 Å². The minimum Gasteiger partial charge on any atom is -0.306 e. The highest BCUT2D eigenvalue weighted by molar-refractivity contribution is 5.68. The summed E-state index contributed by atoms with van der Waals surface area (Å²) in [5.41, 5.74) is 5.72. The van der Waals surface area contributed by atoms with Crippen LogP contribution in [0, 0.1) is 0 Å². The van der Waals surface area contributed by atoms with Crippen molar-refractivity contribution in [1.82, 2.24) is 43.6 Å². The quantitative estimate of drug-likeness (QED) is 0.298. The van der Waals surface area contributed by atoms with Crippen molar-refractivity contribution in [2.45, 2.75) is 0 Å². The maximum atomic E-state index is 4.87. The third-order valence-electron chi connectivity index (χ3n) is 6.42. The Bertz CT molecular complexity index is 1570. The van der Waals surface area contributed by atoms with E-state index in [1.807, 2.05) is 105 Å². The van der Waals surface area contributed by atoms with E-state index in [9.17, 15) is 0 Å². The Hall–Kier alpha value is -5.70. The number of aromatic nitrogens is 9. The van der Waals surface area contributed by atoms with Gasteiger partial charge in [0.1, 0.15) is 0 Å². The SMILES string of the molecule is c1cn(-c2ccc(-c3nc(-c4ccc(-n5ccnc5)cc4)nc(-c4ccc(-n5ccnc5)cc4)n3)cc2)cn1. The maximum Gasteiger partial charge on any atom is 0.164 e. The fourth-order valence-electron chi connectivity index (χ4n) is 4.35. The van der Waals surface area contributed by atoms with E-state index in [4.69, 9.17) is 15.0 Å². The van der Waals surface area contributed by atoms with Crippen LogP contribution >= 0.6 is 0 Å². The van der Waals surface area contributed by atoms with Gasteiger partial charge in [-0.3, -0.25) is 0 Å². The van der Waals surface area contributed by atoms with Crippen molar-refractivity contribution in [1.29, 1.82) is 0 Å². The van der Waals surface area contributed by atoms with Crippen LogP contribution < -0.4 is 0 Å².